The molecule has 0 aliphatic heterocycles. The van der Waals surface area contributed by atoms with E-state index >= 15 is 0 Å². The molecule has 0 aliphatic carbocycles. The lowest BCUT2D eigenvalue weighted by Crippen LogP contribution is -2.21. The molecule has 0 aromatic heterocycles. The molecule has 0 bridgehead atoms. The van der Waals surface area contributed by atoms with Crippen LogP contribution in [0, 0.1) is 0 Å². The number of carbonyl (C=O) groups excluding carboxylic acids is 2. The van der Waals surface area contributed by atoms with E-state index in [2.05, 4.69) is 21.2 Å². The van der Waals surface area contributed by atoms with Crippen molar-refractivity contribution in [3.05, 3.63) is 82.8 Å². The maximum absolute atomic E-state index is 12.3. The molecule has 0 atom stereocenters. The second kappa shape index (κ2) is 9.21. The summed E-state index contributed by atoms with van der Waals surface area (Å²) >= 11 is 3.16. The van der Waals surface area contributed by atoms with Gasteiger partial charge in [-0.2, -0.15) is 0 Å². The van der Waals surface area contributed by atoms with Gasteiger partial charge in [0.15, 0.2) is 6.61 Å². The highest BCUT2D eigenvalue weighted by molar-refractivity contribution is 9.10. The molecule has 0 radical (unpaired) electrons. The zero-order valence-electron chi connectivity index (χ0n) is 15.5. The van der Waals surface area contributed by atoms with E-state index in [0.29, 0.717) is 10.2 Å². The summed E-state index contributed by atoms with van der Waals surface area (Å²) in [5.41, 5.74) is 2.26. The first-order valence-electron chi connectivity index (χ1n) is 8.69. The summed E-state index contributed by atoms with van der Waals surface area (Å²) < 4.78 is 28.3. The van der Waals surface area contributed by atoms with Crippen LogP contribution in [0.5, 0.6) is 0 Å². The molecule has 7 nitrogen and oxygen atoms in total. The average Bonchev–Trinajstić information content (AvgIpc) is 2.72. The standard InChI is InChI=1S/C21H17BrN2O5S/c22-18-11-10-15(30(23,27)28)12-17(18)21(26)29-13-20(25)24-19-9-5-4-8-16(19)14-6-2-1-3-7-14/h1-12H,13H2,(H,24,25)(H2,23,27,28). The molecule has 0 heterocycles. The third-order valence-corrected chi connectivity index (χ3v) is 5.71. The summed E-state index contributed by atoms with van der Waals surface area (Å²) in [5.74, 6) is -1.40. The van der Waals surface area contributed by atoms with Gasteiger partial charge >= 0.3 is 5.97 Å². The predicted molar refractivity (Wildman–Crippen MR) is 116 cm³/mol. The Bertz CT molecular complexity index is 1200. The Morgan fingerprint density at radius 3 is 2.33 bits per heavy atom. The fraction of sp³-hybridized carbons (Fsp3) is 0.0476. The van der Waals surface area contributed by atoms with Gasteiger partial charge in [-0.25, -0.2) is 18.4 Å². The van der Waals surface area contributed by atoms with E-state index in [1.807, 2.05) is 42.5 Å². The van der Waals surface area contributed by atoms with Crippen molar-refractivity contribution in [3.63, 3.8) is 0 Å². The molecule has 3 rings (SSSR count). The predicted octanol–water partition coefficient (Wildman–Crippen LogP) is 3.56. The number of primary sulfonamides is 1. The maximum atomic E-state index is 12.3. The first-order valence-corrected chi connectivity index (χ1v) is 11.0. The number of esters is 1. The number of amides is 1. The molecular formula is C21H17BrN2O5S. The van der Waals surface area contributed by atoms with Gasteiger partial charge in [0.1, 0.15) is 0 Å². The lowest BCUT2D eigenvalue weighted by Gasteiger charge is -2.12. The molecule has 0 saturated carbocycles. The van der Waals surface area contributed by atoms with Gasteiger partial charge in [-0.15, -0.1) is 0 Å². The van der Waals surface area contributed by atoms with Crippen LogP contribution in [0.3, 0.4) is 0 Å². The van der Waals surface area contributed by atoms with Crippen LogP contribution in [0.25, 0.3) is 11.1 Å². The van der Waals surface area contributed by atoms with Crippen LogP contribution in [0.2, 0.25) is 0 Å². The van der Waals surface area contributed by atoms with Crippen LogP contribution < -0.4 is 10.5 Å². The molecule has 30 heavy (non-hydrogen) atoms. The minimum Gasteiger partial charge on any atom is -0.452 e. The Balaban J connectivity index is 1.70. The Morgan fingerprint density at radius 2 is 1.63 bits per heavy atom. The Hall–Kier alpha value is -3.01. The quantitative estimate of drug-likeness (QED) is 0.514. The number of halogens is 1. The zero-order valence-corrected chi connectivity index (χ0v) is 17.9. The number of anilines is 1. The largest absolute Gasteiger partial charge is 0.452 e. The molecule has 0 fully saturated rings. The second-order valence-electron chi connectivity index (χ2n) is 6.22. The van der Waals surface area contributed by atoms with Crippen LogP contribution in [0.1, 0.15) is 10.4 Å². The molecule has 0 spiro atoms. The summed E-state index contributed by atoms with van der Waals surface area (Å²) in [6.45, 7) is -0.548. The van der Waals surface area contributed by atoms with Gasteiger partial charge in [-0.1, -0.05) is 48.5 Å². The summed E-state index contributed by atoms with van der Waals surface area (Å²) in [6.07, 6.45) is 0. The molecule has 3 aromatic carbocycles. The molecule has 154 valence electrons. The zero-order chi connectivity index (χ0) is 21.7. The number of benzene rings is 3. The van der Waals surface area contributed by atoms with Gasteiger partial charge in [-0.3, -0.25) is 4.79 Å². The Labute approximate surface area is 182 Å². The number of hydrogen-bond acceptors (Lipinski definition) is 5. The van der Waals surface area contributed by atoms with Gasteiger partial charge in [0.2, 0.25) is 10.0 Å². The van der Waals surface area contributed by atoms with Crippen LogP contribution in [0.15, 0.2) is 82.2 Å². The van der Waals surface area contributed by atoms with Crippen molar-refractivity contribution in [2.45, 2.75) is 4.90 Å². The van der Waals surface area contributed by atoms with E-state index in [1.54, 1.807) is 12.1 Å². The third kappa shape index (κ3) is 5.32. The van der Waals surface area contributed by atoms with E-state index in [9.17, 15) is 18.0 Å². The molecule has 3 N–H and O–H groups in total. The van der Waals surface area contributed by atoms with Crippen LogP contribution in [-0.2, 0) is 19.6 Å². The molecule has 3 aromatic rings. The number of rotatable bonds is 6. The van der Waals surface area contributed by atoms with Crippen molar-refractivity contribution in [1.29, 1.82) is 0 Å². The van der Waals surface area contributed by atoms with Crippen LogP contribution in [-0.4, -0.2) is 26.9 Å². The van der Waals surface area contributed by atoms with E-state index < -0.39 is 28.5 Å². The van der Waals surface area contributed by atoms with Crippen molar-refractivity contribution in [2.75, 3.05) is 11.9 Å². The molecule has 1 amide bonds. The van der Waals surface area contributed by atoms with Crippen molar-refractivity contribution >= 4 is 43.5 Å². The first-order chi connectivity index (χ1) is 14.3. The van der Waals surface area contributed by atoms with Crippen molar-refractivity contribution in [3.8, 4) is 11.1 Å². The monoisotopic (exact) mass is 488 g/mol. The number of nitrogens with one attached hydrogen (secondary N) is 1. The van der Waals surface area contributed by atoms with Gasteiger partial charge in [0, 0.05) is 15.7 Å². The highest BCUT2D eigenvalue weighted by Gasteiger charge is 2.18. The van der Waals surface area contributed by atoms with Crippen molar-refractivity contribution in [1.82, 2.24) is 0 Å². The summed E-state index contributed by atoms with van der Waals surface area (Å²) in [6, 6.07) is 20.5. The maximum Gasteiger partial charge on any atom is 0.339 e. The summed E-state index contributed by atoms with van der Waals surface area (Å²) in [4.78, 5) is 24.4. The molecule has 9 heteroatoms. The van der Waals surface area contributed by atoms with E-state index in [1.165, 1.54) is 12.1 Å². The third-order valence-electron chi connectivity index (χ3n) is 4.11. The van der Waals surface area contributed by atoms with E-state index in [0.717, 1.165) is 17.2 Å². The van der Waals surface area contributed by atoms with E-state index in [4.69, 9.17) is 9.88 Å². The summed E-state index contributed by atoms with van der Waals surface area (Å²) in [5, 5.41) is 7.81. The number of hydrogen-bond donors (Lipinski definition) is 2. The number of ether oxygens (including phenoxy) is 1. The number of nitrogens with two attached hydrogens (primary N) is 1. The second-order valence-corrected chi connectivity index (χ2v) is 8.64. The summed E-state index contributed by atoms with van der Waals surface area (Å²) in [7, 11) is -3.99. The highest BCUT2D eigenvalue weighted by Crippen LogP contribution is 2.27. The number of para-hydroxylation sites is 1. The van der Waals surface area contributed by atoms with Crippen molar-refractivity contribution in [2.24, 2.45) is 5.14 Å². The minimum absolute atomic E-state index is 0.0565. The van der Waals surface area contributed by atoms with E-state index in [-0.39, 0.29) is 10.5 Å². The Morgan fingerprint density at radius 1 is 0.967 bits per heavy atom. The SMILES string of the molecule is NS(=O)(=O)c1ccc(Br)c(C(=O)OCC(=O)Nc2ccccc2-c2ccccc2)c1. The average molecular weight is 489 g/mol. The fourth-order valence-electron chi connectivity index (χ4n) is 2.69. The first kappa shape index (κ1) is 21.7. The van der Waals surface area contributed by atoms with Crippen molar-refractivity contribution < 1.29 is 22.7 Å². The smallest absolute Gasteiger partial charge is 0.339 e. The highest BCUT2D eigenvalue weighted by atomic mass is 79.9. The lowest BCUT2D eigenvalue weighted by molar-refractivity contribution is -0.119. The lowest BCUT2D eigenvalue weighted by atomic mass is 10.0. The number of carbonyl (C=O) groups is 2. The minimum atomic E-state index is -3.99. The van der Waals surface area contributed by atoms with Gasteiger partial charge in [0.25, 0.3) is 5.91 Å². The van der Waals surface area contributed by atoms with Crippen LogP contribution >= 0.6 is 15.9 Å². The molecule has 0 aliphatic rings. The van der Waals surface area contributed by atoms with Gasteiger partial charge in [-0.05, 0) is 45.8 Å². The number of sulfonamides is 1. The Kier molecular flexibility index (Phi) is 6.66. The van der Waals surface area contributed by atoms with Gasteiger partial charge < -0.3 is 10.1 Å². The fourth-order valence-corrected chi connectivity index (χ4v) is 3.64. The molecule has 0 saturated heterocycles. The molecule has 0 unspecified atom stereocenters. The molecular weight excluding hydrogens is 472 g/mol. The normalized spacial score (nSPS) is 11.0. The van der Waals surface area contributed by atoms with Gasteiger partial charge in [0.05, 0.1) is 10.5 Å². The topological polar surface area (TPSA) is 116 Å². The van der Waals surface area contributed by atoms with Crippen LogP contribution in [0.4, 0.5) is 5.69 Å².